The Bertz CT molecular complexity index is 386. The zero-order valence-corrected chi connectivity index (χ0v) is 10.3. The molecule has 0 aliphatic carbocycles. The number of nitrogens with zero attached hydrogens (tertiary/aromatic N) is 2. The first-order valence-electron chi connectivity index (χ1n) is 5.11. The van der Waals surface area contributed by atoms with E-state index < -0.39 is 0 Å². The highest BCUT2D eigenvalue weighted by molar-refractivity contribution is 7.80. The predicted octanol–water partition coefficient (Wildman–Crippen LogP) is 0.432. The Hall–Kier alpha value is -1.43. The minimum atomic E-state index is 0.0117. The molecule has 0 aromatic carbocycles. The van der Waals surface area contributed by atoms with E-state index in [1.54, 1.807) is 17.0 Å². The molecule has 1 amide bonds. The summed E-state index contributed by atoms with van der Waals surface area (Å²) < 4.78 is 1.78. The molecule has 0 radical (unpaired) electrons. The Labute approximate surface area is 100 Å². The van der Waals surface area contributed by atoms with Gasteiger partial charge in [0.2, 0.25) is 5.91 Å². The summed E-state index contributed by atoms with van der Waals surface area (Å²) in [5.74, 6) is 0.560. The van der Waals surface area contributed by atoms with Gasteiger partial charge in [-0.3, -0.25) is 4.79 Å². The van der Waals surface area contributed by atoms with Crippen LogP contribution in [0.4, 0.5) is 0 Å². The number of carbonyl (C=O) groups excluding carboxylic acids is 1. The van der Waals surface area contributed by atoms with Crippen LogP contribution in [0.2, 0.25) is 0 Å². The van der Waals surface area contributed by atoms with Crippen LogP contribution >= 0.6 is 12.2 Å². The van der Waals surface area contributed by atoms with Crippen LogP contribution in [0.15, 0.2) is 12.4 Å². The minimum absolute atomic E-state index is 0.0117. The fourth-order valence-corrected chi connectivity index (χ4v) is 1.50. The van der Waals surface area contributed by atoms with Crippen molar-refractivity contribution >= 4 is 23.1 Å². The lowest BCUT2D eigenvalue weighted by Crippen LogP contribution is -2.31. The van der Waals surface area contributed by atoms with Crippen LogP contribution in [-0.2, 0) is 11.3 Å². The van der Waals surface area contributed by atoms with Gasteiger partial charge >= 0.3 is 0 Å². The Morgan fingerprint density at radius 3 is 2.94 bits per heavy atom. The van der Waals surface area contributed by atoms with E-state index in [9.17, 15) is 4.79 Å². The molecule has 0 aliphatic heterocycles. The average Bonchev–Trinajstić information content (AvgIpc) is 2.61. The van der Waals surface area contributed by atoms with E-state index in [0.29, 0.717) is 18.8 Å². The Morgan fingerprint density at radius 1 is 1.69 bits per heavy atom. The van der Waals surface area contributed by atoms with Gasteiger partial charge in [-0.15, -0.1) is 0 Å². The maximum absolute atomic E-state index is 11.4. The Kier molecular flexibility index (Phi) is 4.42. The van der Waals surface area contributed by atoms with E-state index in [1.807, 2.05) is 13.8 Å². The molecular weight excluding hydrogens is 224 g/mol. The highest BCUT2D eigenvalue weighted by Gasteiger charge is 2.08. The van der Waals surface area contributed by atoms with Crippen molar-refractivity contribution < 1.29 is 4.79 Å². The average molecular weight is 240 g/mol. The van der Waals surface area contributed by atoms with E-state index >= 15 is 0 Å². The summed E-state index contributed by atoms with van der Waals surface area (Å²) in [5.41, 5.74) is 5.49. The third kappa shape index (κ3) is 3.62. The molecule has 1 aromatic rings. The van der Waals surface area contributed by atoms with Crippen LogP contribution in [0.25, 0.3) is 0 Å². The number of nitrogens with one attached hydrogen (secondary N) is 1. The van der Waals surface area contributed by atoms with Gasteiger partial charge in [-0.05, 0) is 13.8 Å². The SMILES string of the molecule is CC(C)NC(=O)CCn1ccnc1C(N)=S. The minimum Gasteiger partial charge on any atom is -0.387 e. The molecule has 88 valence electrons. The van der Waals surface area contributed by atoms with E-state index in [4.69, 9.17) is 18.0 Å². The van der Waals surface area contributed by atoms with Crippen LogP contribution in [0.1, 0.15) is 26.1 Å². The summed E-state index contributed by atoms with van der Waals surface area (Å²) in [7, 11) is 0. The zero-order chi connectivity index (χ0) is 12.1. The largest absolute Gasteiger partial charge is 0.387 e. The first kappa shape index (κ1) is 12.6. The number of hydrogen-bond donors (Lipinski definition) is 2. The van der Waals surface area contributed by atoms with Crippen molar-refractivity contribution in [2.75, 3.05) is 0 Å². The predicted molar refractivity (Wildman–Crippen MR) is 66.0 cm³/mol. The van der Waals surface area contributed by atoms with Gasteiger partial charge in [0, 0.05) is 31.4 Å². The van der Waals surface area contributed by atoms with Gasteiger partial charge in [-0.1, -0.05) is 12.2 Å². The smallest absolute Gasteiger partial charge is 0.221 e. The summed E-state index contributed by atoms with van der Waals surface area (Å²) >= 11 is 4.85. The van der Waals surface area contributed by atoms with Crippen LogP contribution in [0.5, 0.6) is 0 Å². The second kappa shape index (κ2) is 5.60. The highest BCUT2D eigenvalue weighted by atomic mass is 32.1. The van der Waals surface area contributed by atoms with Crippen molar-refractivity contribution in [2.24, 2.45) is 5.73 Å². The van der Waals surface area contributed by atoms with Gasteiger partial charge in [0.1, 0.15) is 4.99 Å². The van der Waals surface area contributed by atoms with Crippen molar-refractivity contribution in [3.8, 4) is 0 Å². The van der Waals surface area contributed by atoms with Gasteiger partial charge in [0.05, 0.1) is 0 Å². The molecule has 0 aliphatic rings. The first-order valence-corrected chi connectivity index (χ1v) is 5.52. The first-order chi connectivity index (χ1) is 7.50. The van der Waals surface area contributed by atoms with Crippen molar-refractivity contribution in [3.05, 3.63) is 18.2 Å². The molecule has 1 aromatic heterocycles. The number of nitrogens with two attached hydrogens (primary N) is 1. The lowest BCUT2D eigenvalue weighted by Gasteiger charge is -2.09. The lowest BCUT2D eigenvalue weighted by molar-refractivity contribution is -0.121. The molecule has 1 rings (SSSR count). The van der Waals surface area contributed by atoms with Crippen molar-refractivity contribution in [2.45, 2.75) is 32.9 Å². The van der Waals surface area contributed by atoms with Gasteiger partial charge in [-0.2, -0.15) is 0 Å². The van der Waals surface area contributed by atoms with E-state index in [0.717, 1.165) is 0 Å². The number of hydrogen-bond acceptors (Lipinski definition) is 3. The summed E-state index contributed by atoms with van der Waals surface area (Å²) in [6.45, 7) is 4.39. The second-order valence-corrected chi connectivity index (χ2v) is 4.22. The summed E-state index contributed by atoms with van der Waals surface area (Å²) in [5, 5.41) is 2.82. The number of carbonyl (C=O) groups is 1. The van der Waals surface area contributed by atoms with Crippen LogP contribution in [0.3, 0.4) is 0 Å². The summed E-state index contributed by atoms with van der Waals surface area (Å²) in [6, 6.07) is 0.158. The molecule has 0 fully saturated rings. The van der Waals surface area contributed by atoms with Gasteiger partial charge in [0.15, 0.2) is 5.82 Å². The Balaban J connectivity index is 2.51. The van der Waals surface area contributed by atoms with Crippen molar-refractivity contribution in [1.29, 1.82) is 0 Å². The number of amides is 1. The van der Waals surface area contributed by atoms with Gasteiger partial charge in [0.25, 0.3) is 0 Å². The standard InChI is InChI=1S/C10H16N4OS/c1-7(2)13-8(15)3-5-14-6-4-12-10(14)9(11)16/h4,6-7H,3,5H2,1-2H3,(H2,11,16)(H,13,15). The molecule has 0 saturated heterocycles. The number of aryl methyl sites for hydroxylation is 1. The fraction of sp³-hybridized carbons (Fsp3) is 0.500. The van der Waals surface area contributed by atoms with E-state index in [-0.39, 0.29) is 16.9 Å². The molecular formula is C10H16N4OS. The highest BCUT2D eigenvalue weighted by Crippen LogP contribution is 1.99. The number of aromatic nitrogens is 2. The quantitative estimate of drug-likeness (QED) is 0.732. The summed E-state index contributed by atoms with van der Waals surface area (Å²) in [6.07, 6.45) is 3.77. The molecule has 1 heterocycles. The van der Waals surface area contributed by atoms with Crippen LogP contribution in [0, 0.1) is 0 Å². The number of imidazole rings is 1. The van der Waals surface area contributed by atoms with Crippen LogP contribution < -0.4 is 11.1 Å². The third-order valence-corrected chi connectivity index (χ3v) is 2.15. The molecule has 0 saturated carbocycles. The van der Waals surface area contributed by atoms with Crippen LogP contribution in [-0.4, -0.2) is 26.5 Å². The number of thiocarbonyl (C=S) groups is 1. The van der Waals surface area contributed by atoms with Crippen molar-refractivity contribution in [1.82, 2.24) is 14.9 Å². The van der Waals surface area contributed by atoms with E-state index in [2.05, 4.69) is 10.3 Å². The molecule has 5 nitrogen and oxygen atoms in total. The third-order valence-electron chi connectivity index (χ3n) is 1.97. The Morgan fingerprint density at radius 2 is 2.38 bits per heavy atom. The molecule has 0 atom stereocenters. The second-order valence-electron chi connectivity index (χ2n) is 3.78. The zero-order valence-electron chi connectivity index (χ0n) is 9.43. The van der Waals surface area contributed by atoms with E-state index in [1.165, 1.54) is 0 Å². The van der Waals surface area contributed by atoms with Crippen molar-refractivity contribution in [3.63, 3.8) is 0 Å². The molecule has 0 bridgehead atoms. The molecule has 6 heteroatoms. The molecule has 3 N–H and O–H groups in total. The number of rotatable bonds is 5. The van der Waals surface area contributed by atoms with Gasteiger partial charge in [-0.25, -0.2) is 4.98 Å². The van der Waals surface area contributed by atoms with Gasteiger partial charge < -0.3 is 15.6 Å². The molecule has 16 heavy (non-hydrogen) atoms. The normalized spacial score (nSPS) is 10.4. The topological polar surface area (TPSA) is 72.9 Å². The monoisotopic (exact) mass is 240 g/mol. The maximum Gasteiger partial charge on any atom is 0.221 e. The maximum atomic E-state index is 11.4. The lowest BCUT2D eigenvalue weighted by atomic mass is 10.3. The summed E-state index contributed by atoms with van der Waals surface area (Å²) in [4.78, 5) is 15.7. The molecule has 0 unspecified atom stereocenters. The molecule has 0 spiro atoms. The fourth-order valence-electron chi connectivity index (χ4n) is 1.33.